The van der Waals surface area contributed by atoms with Crippen LogP contribution in [0.5, 0.6) is 0 Å². The maximum absolute atomic E-state index is 12.6. The van der Waals surface area contributed by atoms with Crippen LogP contribution in [-0.4, -0.2) is 29.8 Å². The molecular formula is C20H20Cl2N2O3. The summed E-state index contributed by atoms with van der Waals surface area (Å²) in [7, 11) is 0. The molecule has 2 amide bonds. The van der Waals surface area contributed by atoms with Crippen LogP contribution in [0.2, 0.25) is 10.0 Å². The fraction of sp³-hybridized carbons (Fsp3) is 0.300. The largest absolute Gasteiger partial charge is 0.465 e. The molecule has 0 saturated carbocycles. The fourth-order valence-corrected chi connectivity index (χ4v) is 3.48. The van der Waals surface area contributed by atoms with E-state index in [0.717, 1.165) is 18.4 Å². The Morgan fingerprint density at radius 1 is 1.26 bits per heavy atom. The Kier molecular flexibility index (Phi) is 6.58. The Hall–Kier alpha value is -2.24. The maximum Gasteiger partial charge on any atom is 0.244 e. The Morgan fingerprint density at radius 2 is 2.11 bits per heavy atom. The molecule has 1 atom stereocenters. The number of halogens is 2. The Bertz CT molecular complexity index is 834. The predicted octanol–water partition coefficient (Wildman–Crippen LogP) is 4.47. The molecule has 1 aliphatic rings. The van der Waals surface area contributed by atoms with Crippen molar-refractivity contribution in [2.75, 3.05) is 13.1 Å². The topological polar surface area (TPSA) is 62.6 Å². The van der Waals surface area contributed by atoms with Gasteiger partial charge in [0.15, 0.2) is 0 Å². The second-order valence-electron chi connectivity index (χ2n) is 6.31. The summed E-state index contributed by atoms with van der Waals surface area (Å²) in [6.07, 6.45) is 6.58. The molecule has 1 saturated heterocycles. The lowest BCUT2D eigenvalue weighted by molar-refractivity contribution is -0.132. The molecule has 1 aromatic carbocycles. The van der Waals surface area contributed by atoms with Gasteiger partial charge in [0.1, 0.15) is 5.76 Å². The number of furan rings is 1. The predicted molar refractivity (Wildman–Crippen MR) is 106 cm³/mol. The average molecular weight is 407 g/mol. The first-order valence-corrected chi connectivity index (χ1v) is 9.54. The molecule has 3 rings (SSSR count). The third-order valence-electron chi connectivity index (χ3n) is 4.48. The number of hydrogen-bond donors (Lipinski definition) is 1. The van der Waals surface area contributed by atoms with E-state index in [1.807, 2.05) is 17.0 Å². The third-order valence-corrected chi connectivity index (χ3v) is 5.22. The quantitative estimate of drug-likeness (QED) is 0.719. The van der Waals surface area contributed by atoms with Gasteiger partial charge in [0, 0.05) is 25.6 Å². The van der Waals surface area contributed by atoms with E-state index < -0.39 is 0 Å². The lowest BCUT2D eigenvalue weighted by Crippen LogP contribution is -2.33. The van der Waals surface area contributed by atoms with E-state index >= 15 is 0 Å². The minimum atomic E-state index is -0.262. The van der Waals surface area contributed by atoms with Gasteiger partial charge in [-0.3, -0.25) is 9.59 Å². The smallest absolute Gasteiger partial charge is 0.244 e. The Balaban J connectivity index is 1.51. The minimum Gasteiger partial charge on any atom is -0.465 e. The maximum atomic E-state index is 12.6. The SMILES string of the molecule is O=C(C=Cc1ccco1)NCCC(=O)N1CCCC1c1ccc(Cl)c(Cl)c1. The van der Waals surface area contributed by atoms with Crippen molar-refractivity contribution in [2.24, 2.45) is 0 Å². The van der Waals surface area contributed by atoms with E-state index in [4.69, 9.17) is 27.6 Å². The van der Waals surface area contributed by atoms with Crippen molar-refractivity contribution in [1.29, 1.82) is 0 Å². The summed E-state index contributed by atoms with van der Waals surface area (Å²) in [4.78, 5) is 26.2. The highest BCUT2D eigenvalue weighted by Crippen LogP contribution is 2.35. The van der Waals surface area contributed by atoms with Crippen molar-refractivity contribution < 1.29 is 14.0 Å². The molecule has 1 aliphatic heterocycles. The van der Waals surface area contributed by atoms with E-state index in [1.165, 1.54) is 12.3 Å². The van der Waals surface area contributed by atoms with Gasteiger partial charge in [-0.05, 0) is 48.7 Å². The molecule has 0 radical (unpaired) electrons. The lowest BCUT2D eigenvalue weighted by atomic mass is 10.0. The second kappa shape index (κ2) is 9.11. The van der Waals surface area contributed by atoms with Crippen LogP contribution in [0.3, 0.4) is 0 Å². The normalized spacial score (nSPS) is 16.8. The summed E-state index contributed by atoms with van der Waals surface area (Å²) < 4.78 is 5.12. The van der Waals surface area contributed by atoms with Crippen molar-refractivity contribution in [3.8, 4) is 0 Å². The summed E-state index contributed by atoms with van der Waals surface area (Å²) in [5.74, 6) is 0.350. The summed E-state index contributed by atoms with van der Waals surface area (Å²) in [6, 6.07) is 8.99. The molecular weight excluding hydrogens is 387 g/mol. The van der Waals surface area contributed by atoms with Crippen molar-refractivity contribution in [2.45, 2.75) is 25.3 Å². The van der Waals surface area contributed by atoms with Gasteiger partial charge in [0.2, 0.25) is 11.8 Å². The van der Waals surface area contributed by atoms with Gasteiger partial charge >= 0.3 is 0 Å². The molecule has 142 valence electrons. The van der Waals surface area contributed by atoms with E-state index in [9.17, 15) is 9.59 Å². The average Bonchev–Trinajstić information content (AvgIpc) is 3.34. The number of amides is 2. The highest BCUT2D eigenvalue weighted by molar-refractivity contribution is 6.42. The lowest BCUT2D eigenvalue weighted by Gasteiger charge is -2.25. The molecule has 2 aromatic rings. The van der Waals surface area contributed by atoms with Gasteiger partial charge in [0.25, 0.3) is 0 Å². The third kappa shape index (κ3) is 5.15. The number of likely N-dealkylation sites (tertiary alicyclic amines) is 1. The number of carbonyl (C=O) groups excluding carboxylic acids is 2. The van der Waals surface area contributed by atoms with Gasteiger partial charge in [-0.15, -0.1) is 0 Å². The van der Waals surface area contributed by atoms with Crippen LogP contribution < -0.4 is 5.32 Å². The minimum absolute atomic E-state index is 0.00168. The number of nitrogens with one attached hydrogen (secondary N) is 1. The van der Waals surface area contributed by atoms with E-state index in [2.05, 4.69) is 5.32 Å². The van der Waals surface area contributed by atoms with Gasteiger partial charge in [-0.2, -0.15) is 0 Å². The zero-order valence-electron chi connectivity index (χ0n) is 14.7. The van der Waals surface area contributed by atoms with Gasteiger partial charge < -0.3 is 14.6 Å². The Labute approximate surface area is 167 Å². The summed E-state index contributed by atoms with van der Waals surface area (Å²) in [5, 5.41) is 3.71. The van der Waals surface area contributed by atoms with Crippen LogP contribution >= 0.6 is 23.2 Å². The molecule has 1 unspecified atom stereocenters. The Morgan fingerprint density at radius 3 is 2.85 bits per heavy atom. The zero-order valence-corrected chi connectivity index (χ0v) is 16.2. The molecule has 0 spiro atoms. The fourth-order valence-electron chi connectivity index (χ4n) is 3.17. The van der Waals surface area contributed by atoms with Crippen LogP contribution in [-0.2, 0) is 9.59 Å². The van der Waals surface area contributed by atoms with Gasteiger partial charge in [-0.25, -0.2) is 0 Å². The first-order chi connectivity index (χ1) is 13.0. The first kappa shape index (κ1) is 19.5. The zero-order chi connectivity index (χ0) is 19.2. The summed E-state index contributed by atoms with van der Waals surface area (Å²) in [6.45, 7) is 0.987. The molecule has 2 heterocycles. The van der Waals surface area contributed by atoms with Crippen LogP contribution in [0.25, 0.3) is 6.08 Å². The number of rotatable bonds is 6. The molecule has 1 fully saturated rings. The highest BCUT2D eigenvalue weighted by atomic mass is 35.5. The molecule has 27 heavy (non-hydrogen) atoms. The number of benzene rings is 1. The number of nitrogens with zero attached hydrogens (tertiary/aromatic N) is 1. The molecule has 7 heteroatoms. The molecule has 1 aromatic heterocycles. The van der Waals surface area contributed by atoms with E-state index in [-0.39, 0.29) is 30.8 Å². The van der Waals surface area contributed by atoms with E-state index in [1.54, 1.807) is 24.3 Å². The number of carbonyl (C=O) groups is 2. The van der Waals surface area contributed by atoms with Gasteiger partial charge in [0.05, 0.1) is 22.4 Å². The van der Waals surface area contributed by atoms with Crippen LogP contribution in [0.1, 0.15) is 36.6 Å². The molecule has 5 nitrogen and oxygen atoms in total. The highest BCUT2D eigenvalue weighted by Gasteiger charge is 2.29. The van der Waals surface area contributed by atoms with Gasteiger partial charge in [-0.1, -0.05) is 29.3 Å². The molecule has 1 N–H and O–H groups in total. The van der Waals surface area contributed by atoms with Crippen LogP contribution in [0.15, 0.2) is 47.1 Å². The van der Waals surface area contributed by atoms with Crippen LogP contribution in [0.4, 0.5) is 0 Å². The monoisotopic (exact) mass is 406 g/mol. The van der Waals surface area contributed by atoms with Crippen LogP contribution in [0, 0.1) is 0 Å². The summed E-state index contributed by atoms with van der Waals surface area (Å²) in [5.41, 5.74) is 0.987. The number of hydrogen-bond acceptors (Lipinski definition) is 3. The standard InChI is InChI=1S/C20H20Cl2N2O3/c21-16-7-5-14(13-17(16)22)18-4-1-11-24(18)20(26)9-10-23-19(25)8-6-15-3-2-12-27-15/h2-3,5-8,12-13,18H,1,4,9-11H2,(H,23,25). The van der Waals surface area contributed by atoms with Crippen molar-refractivity contribution in [3.05, 3.63) is 64.0 Å². The van der Waals surface area contributed by atoms with Crippen molar-refractivity contribution >= 4 is 41.1 Å². The van der Waals surface area contributed by atoms with Crippen molar-refractivity contribution in [1.82, 2.24) is 10.2 Å². The molecule has 0 bridgehead atoms. The second-order valence-corrected chi connectivity index (χ2v) is 7.12. The van der Waals surface area contributed by atoms with E-state index in [0.29, 0.717) is 22.4 Å². The van der Waals surface area contributed by atoms with Crippen molar-refractivity contribution in [3.63, 3.8) is 0 Å². The molecule has 0 aliphatic carbocycles. The first-order valence-electron chi connectivity index (χ1n) is 8.78. The summed E-state index contributed by atoms with van der Waals surface area (Å²) >= 11 is 12.1.